The Morgan fingerprint density at radius 2 is 1.76 bits per heavy atom. The Labute approximate surface area is 374 Å². The Morgan fingerprint density at radius 1 is 1.14 bits per heavy atom. The molecule has 3 heterocycles. The lowest BCUT2D eigenvalue weighted by molar-refractivity contribution is -0.193. The minimum atomic E-state index is -4.71. The molecule has 1 atom stereocenters. The number of sulfone groups is 1. The topological polar surface area (TPSA) is 253 Å². The van der Waals surface area contributed by atoms with E-state index in [9.17, 15) is 54.6 Å². The van der Waals surface area contributed by atoms with Crippen LogP contribution in [0.2, 0.25) is 5.02 Å². The van der Waals surface area contributed by atoms with E-state index in [1.807, 2.05) is 5.32 Å². The number of thioether (sulfide) groups is 1. The number of alkyl halides is 3. The molecule has 1 saturated carbocycles. The first kappa shape index (κ1) is 53.5. The predicted molar refractivity (Wildman–Crippen MR) is 227 cm³/mol. The van der Waals surface area contributed by atoms with E-state index in [0.29, 0.717) is 51.6 Å². The molecular formula is C36H43ClF4N5O12PS4. The van der Waals surface area contributed by atoms with Crippen molar-refractivity contribution in [2.24, 2.45) is 4.99 Å². The monoisotopic (exact) mass is 1010 g/mol. The molecule has 2 aromatic carbocycles. The van der Waals surface area contributed by atoms with Crippen LogP contribution in [0.15, 0.2) is 60.6 Å². The number of carbonyl (C=O) groups excluding carboxylic acids is 2. The van der Waals surface area contributed by atoms with Gasteiger partial charge in [0.2, 0.25) is 4.80 Å². The first-order valence-electron chi connectivity index (χ1n) is 18.1. The molecule has 4 aromatic rings. The summed E-state index contributed by atoms with van der Waals surface area (Å²) in [5.41, 5.74) is -1.29. The summed E-state index contributed by atoms with van der Waals surface area (Å²) in [4.78, 5) is 68.2. The van der Waals surface area contributed by atoms with Crippen LogP contribution in [0, 0.1) is 5.82 Å². The Bertz CT molecular complexity index is 2550. The number of benzene rings is 2. The lowest BCUT2D eigenvalue weighted by Crippen LogP contribution is -2.31. The van der Waals surface area contributed by atoms with E-state index >= 15 is 0 Å². The number of fused-ring (bicyclic) bond motifs is 1. The van der Waals surface area contributed by atoms with E-state index in [1.54, 1.807) is 9.36 Å². The van der Waals surface area contributed by atoms with Crippen LogP contribution in [-0.4, -0.2) is 101 Å². The Hall–Kier alpha value is -3.81. The highest BCUT2D eigenvalue weighted by molar-refractivity contribution is 8.00. The molecule has 17 nitrogen and oxygen atoms in total. The molecule has 0 spiro atoms. The van der Waals surface area contributed by atoms with E-state index < -0.39 is 70.4 Å². The molecule has 0 bridgehead atoms. The van der Waals surface area contributed by atoms with Crippen molar-refractivity contribution in [1.29, 1.82) is 0 Å². The quantitative estimate of drug-likeness (QED) is 0.0436. The first-order chi connectivity index (χ1) is 29.2. The van der Waals surface area contributed by atoms with Gasteiger partial charge in [0.25, 0.3) is 0 Å². The molecule has 0 saturated heterocycles. The molecule has 0 radical (unpaired) electrons. The van der Waals surface area contributed by atoms with Crippen LogP contribution in [0.1, 0.15) is 58.8 Å². The summed E-state index contributed by atoms with van der Waals surface area (Å²) in [7, 11) is -6.45. The van der Waals surface area contributed by atoms with Crippen molar-refractivity contribution >= 4 is 86.4 Å². The van der Waals surface area contributed by atoms with Gasteiger partial charge >= 0.3 is 23.0 Å². The molecule has 63 heavy (non-hydrogen) atoms. The van der Waals surface area contributed by atoms with Crippen molar-refractivity contribution in [3.63, 3.8) is 0 Å². The molecular weight excluding hydrogens is 965 g/mol. The number of aliphatic carboxylic acids is 1. The third-order valence-corrected chi connectivity index (χ3v) is 12.1. The number of methoxy groups -OCH3 is 1. The van der Waals surface area contributed by atoms with E-state index in [1.165, 1.54) is 19.4 Å². The summed E-state index contributed by atoms with van der Waals surface area (Å²) in [6, 6.07) is 4.69. The molecule has 348 valence electrons. The van der Waals surface area contributed by atoms with Crippen LogP contribution in [0.3, 0.4) is 0 Å². The third-order valence-electron chi connectivity index (χ3n) is 8.01. The van der Waals surface area contributed by atoms with Crippen molar-refractivity contribution in [2.45, 2.75) is 60.7 Å². The van der Waals surface area contributed by atoms with Crippen LogP contribution in [-0.2, 0) is 58.9 Å². The molecule has 2 aromatic heterocycles. The number of carboxylic acid groups (broad SMARTS) is 1. The van der Waals surface area contributed by atoms with Gasteiger partial charge in [0.1, 0.15) is 19.1 Å². The maximum atomic E-state index is 14.3. The van der Waals surface area contributed by atoms with Gasteiger partial charge in [0, 0.05) is 35.7 Å². The molecule has 3 N–H and O–H groups in total. The van der Waals surface area contributed by atoms with Crippen molar-refractivity contribution in [2.75, 3.05) is 50.7 Å². The number of carbonyl (C=O) groups is 3. The number of ether oxygens (including phenoxy) is 1. The minimum absolute atomic E-state index is 0.0441. The van der Waals surface area contributed by atoms with Gasteiger partial charge in [-0.25, -0.2) is 22.5 Å². The second kappa shape index (κ2) is 23.4. The second-order valence-corrected chi connectivity index (χ2v) is 22.2. The zero-order valence-electron chi connectivity index (χ0n) is 34.1. The van der Waals surface area contributed by atoms with Gasteiger partial charge in [-0.05, 0) is 78.2 Å². The summed E-state index contributed by atoms with van der Waals surface area (Å²) in [6.07, 6.45) is 6.63. The van der Waals surface area contributed by atoms with Crippen molar-refractivity contribution in [1.82, 2.24) is 19.8 Å². The van der Waals surface area contributed by atoms with Gasteiger partial charge in [-0.3, -0.25) is 29.2 Å². The average Bonchev–Trinajstić information content (AvgIpc) is 3.82. The average molecular weight is 1010 g/mol. The van der Waals surface area contributed by atoms with E-state index in [0.717, 1.165) is 67.2 Å². The summed E-state index contributed by atoms with van der Waals surface area (Å²) in [5.74, 6) is -2.42. The minimum Gasteiger partial charge on any atom is -0.778 e. The maximum absolute atomic E-state index is 14.3. The van der Waals surface area contributed by atoms with Crippen LogP contribution < -0.4 is 19.9 Å². The zero-order chi connectivity index (χ0) is 47.4. The summed E-state index contributed by atoms with van der Waals surface area (Å²) >= 11 is 8.17. The van der Waals surface area contributed by atoms with Gasteiger partial charge in [-0.2, -0.15) is 13.2 Å². The largest absolute Gasteiger partial charge is 0.778 e. The molecule has 1 unspecified atom stereocenters. The first-order valence-corrected chi connectivity index (χ1v) is 26.4. The number of hydrogen-bond acceptors (Lipinski definition) is 15. The normalized spacial score (nSPS) is 14.8. The number of ketones is 1. The third kappa shape index (κ3) is 17.3. The Morgan fingerprint density at radius 3 is 2.30 bits per heavy atom. The number of rotatable bonds is 12. The van der Waals surface area contributed by atoms with E-state index in [4.69, 9.17) is 26.1 Å². The van der Waals surface area contributed by atoms with Crippen molar-refractivity contribution in [3.05, 3.63) is 84.3 Å². The van der Waals surface area contributed by atoms with Crippen LogP contribution >= 0.6 is 42.3 Å². The fourth-order valence-electron chi connectivity index (χ4n) is 5.13. The highest BCUT2D eigenvalue weighted by atomic mass is 35.5. The summed E-state index contributed by atoms with van der Waals surface area (Å²) in [6.45, 7) is 0.845. The van der Waals surface area contributed by atoms with Gasteiger partial charge in [-0.15, -0.1) is 11.8 Å². The predicted octanol–water partition coefficient (Wildman–Crippen LogP) is 4.66. The lowest BCUT2D eigenvalue weighted by Gasteiger charge is -2.15. The standard InChI is InChI=1S/C15H15ClFN3O3S2.C15H12F3NO4S.C3H8NO5P.C3H9S/c1-23-13(21)8-24-12-7-11(10(17)6-9(12)16)18-14-19-4-2-3-5-20(19)15(22)25-14;1-24(21,22)12-6-9(15(16,17)18)4-5-10(12)13(20)11-7-19-23-14(11)8-2-3-8;5-3(6)1-4-2-10(7,8)9;1-4(2)3/h6-7H,2-5,8H2,1H3;4-8H,2-3H2,1H3;4H,1-2H2,(H,5,6)(H2,7,8,9);1-3H3/q;;;+1/p-1. The molecule has 1 aliphatic heterocycles. The smallest absolute Gasteiger partial charge is 0.416 e. The fraction of sp³-hybridized carbons (Fsp3) is 0.444. The number of esters is 1. The van der Waals surface area contributed by atoms with Gasteiger partial charge in [0.15, 0.2) is 21.4 Å². The van der Waals surface area contributed by atoms with Crippen LogP contribution in [0.4, 0.5) is 23.2 Å². The number of halogens is 5. The Kier molecular flexibility index (Phi) is 19.9. The van der Waals surface area contributed by atoms with Crippen molar-refractivity contribution < 1.29 is 69.1 Å². The summed E-state index contributed by atoms with van der Waals surface area (Å²) < 4.78 is 99.5. The molecule has 1 fully saturated rings. The number of nitrogens with one attached hydrogen (secondary N) is 1. The van der Waals surface area contributed by atoms with Gasteiger partial charge < -0.3 is 28.7 Å². The highest BCUT2D eigenvalue weighted by Crippen LogP contribution is 2.42. The number of aromatic nitrogens is 3. The van der Waals surface area contributed by atoms with Gasteiger partial charge in [0.05, 0.1) is 71.7 Å². The molecule has 2 aliphatic rings. The van der Waals surface area contributed by atoms with Gasteiger partial charge in [-0.1, -0.05) is 16.8 Å². The summed E-state index contributed by atoms with van der Waals surface area (Å²) in [5, 5.41) is 13.7. The molecule has 1 aliphatic carbocycles. The van der Waals surface area contributed by atoms with Crippen LogP contribution in [0.25, 0.3) is 0 Å². The molecule has 0 amide bonds. The number of hydrogen-bond donors (Lipinski definition) is 3. The van der Waals surface area contributed by atoms with Crippen molar-refractivity contribution in [3.8, 4) is 0 Å². The Balaban J connectivity index is 0.000000260. The zero-order valence-corrected chi connectivity index (χ0v) is 39.1. The highest BCUT2D eigenvalue weighted by Gasteiger charge is 2.36. The lowest BCUT2D eigenvalue weighted by atomic mass is 10.0. The van der Waals surface area contributed by atoms with E-state index in [-0.39, 0.29) is 38.4 Å². The second-order valence-electron chi connectivity index (χ2n) is 13.8. The number of nitrogens with zero attached hydrogens (tertiary/aromatic N) is 4. The SMILES string of the molecule is COC(=O)CSc1cc(N=c2sc(=O)n3n2CCCC3)c(F)cc1Cl.CS(=O)(=O)c1cc(C(F)(F)F)ccc1C(=O)c1cnoc1C1CC1.C[S+](C)C.O=C(O)CNCP(=O)([O-])O. The van der Waals surface area contributed by atoms with Crippen LogP contribution in [0.5, 0.6) is 0 Å². The van der Waals surface area contributed by atoms with E-state index in [2.05, 4.69) is 33.7 Å². The number of carboxylic acids is 1. The fourth-order valence-corrected chi connectivity index (χ4v) is 8.42. The molecule has 6 rings (SSSR count). The maximum Gasteiger partial charge on any atom is 0.416 e. The molecule has 27 heteroatoms.